The zero-order valence-corrected chi connectivity index (χ0v) is 14.8. The number of hydrogen-bond acceptors (Lipinski definition) is 5. The summed E-state index contributed by atoms with van der Waals surface area (Å²) in [7, 11) is 0. The van der Waals surface area contributed by atoms with Crippen LogP contribution in [0.1, 0.15) is 13.3 Å². The van der Waals surface area contributed by atoms with Crippen molar-refractivity contribution in [2.24, 2.45) is 0 Å². The highest BCUT2D eigenvalue weighted by Crippen LogP contribution is 2.19. The van der Waals surface area contributed by atoms with Crippen LogP contribution in [0.2, 0.25) is 0 Å². The van der Waals surface area contributed by atoms with Gasteiger partial charge in [0.05, 0.1) is 23.0 Å². The molecule has 0 atom stereocenters. The number of rotatable bonds is 5. The molecular formula is C19H18N6O2. The minimum Gasteiger partial charge on any atom is -0.310 e. The number of carbonyl (C=O) groups is 1. The summed E-state index contributed by atoms with van der Waals surface area (Å²) in [5.74, 6) is 0.266. The summed E-state index contributed by atoms with van der Waals surface area (Å²) in [5.41, 5.74) is 2.08. The van der Waals surface area contributed by atoms with Crippen LogP contribution in [0.15, 0.2) is 53.3 Å². The lowest BCUT2D eigenvalue weighted by molar-refractivity contribution is -0.116. The first-order valence-electron chi connectivity index (χ1n) is 8.75. The van der Waals surface area contributed by atoms with E-state index in [9.17, 15) is 9.59 Å². The molecule has 2 aromatic heterocycles. The molecule has 27 heavy (non-hydrogen) atoms. The first-order valence-corrected chi connectivity index (χ1v) is 8.75. The maximum absolute atomic E-state index is 12.4. The summed E-state index contributed by atoms with van der Waals surface area (Å²) in [5, 5.41) is 11.2. The minimum atomic E-state index is -0.255. The predicted octanol–water partition coefficient (Wildman–Crippen LogP) is 2.19. The Morgan fingerprint density at radius 3 is 2.63 bits per heavy atom. The Labute approximate surface area is 154 Å². The zero-order valence-electron chi connectivity index (χ0n) is 14.8. The standard InChI is InChI=1S/C19H18N6O2/c1-2-24-16-10-6-5-9-15(16)20-19(24)21-17(26)11-12-25-18(27)13-7-3-4-8-14(13)22-23-25/h3-10H,2,11-12H2,1H3,(H,20,21,26). The molecule has 0 aliphatic heterocycles. The summed E-state index contributed by atoms with van der Waals surface area (Å²) in [6.45, 7) is 2.83. The van der Waals surface area contributed by atoms with E-state index in [0.717, 1.165) is 11.0 Å². The summed E-state index contributed by atoms with van der Waals surface area (Å²) in [4.78, 5) is 29.3. The van der Waals surface area contributed by atoms with Gasteiger partial charge in [-0.15, -0.1) is 5.10 Å². The number of amides is 1. The van der Waals surface area contributed by atoms with Gasteiger partial charge in [0.25, 0.3) is 5.56 Å². The van der Waals surface area contributed by atoms with Crippen LogP contribution in [0.4, 0.5) is 5.95 Å². The Hall–Kier alpha value is -3.55. The first-order chi connectivity index (χ1) is 13.2. The average Bonchev–Trinajstić information content (AvgIpc) is 3.04. The van der Waals surface area contributed by atoms with Gasteiger partial charge in [0, 0.05) is 13.0 Å². The highest BCUT2D eigenvalue weighted by atomic mass is 16.2. The van der Waals surface area contributed by atoms with E-state index in [0.29, 0.717) is 23.4 Å². The van der Waals surface area contributed by atoms with Gasteiger partial charge >= 0.3 is 0 Å². The van der Waals surface area contributed by atoms with Crippen molar-refractivity contribution in [1.82, 2.24) is 24.5 Å². The zero-order chi connectivity index (χ0) is 18.8. The monoisotopic (exact) mass is 362 g/mol. The third kappa shape index (κ3) is 3.17. The lowest BCUT2D eigenvalue weighted by atomic mass is 10.2. The van der Waals surface area contributed by atoms with E-state index < -0.39 is 0 Å². The molecule has 136 valence electrons. The molecule has 8 nitrogen and oxygen atoms in total. The van der Waals surface area contributed by atoms with Crippen molar-refractivity contribution < 1.29 is 4.79 Å². The van der Waals surface area contributed by atoms with Crippen molar-refractivity contribution in [3.63, 3.8) is 0 Å². The quantitative estimate of drug-likeness (QED) is 0.587. The molecule has 0 aliphatic rings. The number of nitrogens with zero attached hydrogens (tertiary/aromatic N) is 5. The molecule has 4 aromatic rings. The molecule has 1 N–H and O–H groups in total. The third-order valence-electron chi connectivity index (χ3n) is 4.40. The van der Waals surface area contributed by atoms with E-state index in [1.54, 1.807) is 24.3 Å². The van der Waals surface area contributed by atoms with Crippen molar-refractivity contribution in [3.05, 3.63) is 58.9 Å². The number of aryl methyl sites for hydroxylation is 2. The summed E-state index contributed by atoms with van der Waals surface area (Å²) in [6.07, 6.45) is 0.0971. The molecule has 0 saturated heterocycles. The molecule has 0 spiro atoms. The fourth-order valence-corrected chi connectivity index (χ4v) is 3.06. The normalized spacial score (nSPS) is 11.1. The number of anilines is 1. The van der Waals surface area contributed by atoms with Gasteiger partial charge in [0.2, 0.25) is 11.9 Å². The van der Waals surface area contributed by atoms with E-state index in [4.69, 9.17) is 0 Å². The van der Waals surface area contributed by atoms with Gasteiger partial charge in [-0.3, -0.25) is 14.9 Å². The second-order valence-electron chi connectivity index (χ2n) is 6.10. The number of aromatic nitrogens is 5. The molecule has 2 aromatic carbocycles. The molecule has 8 heteroatoms. The molecule has 2 heterocycles. The number of imidazole rings is 1. The highest BCUT2D eigenvalue weighted by molar-refractivity contribution is 5.91. The van der Waals surface area contributed by atoms with Crippen molar-refractivity contribution >= 4 is 33.8 Å². The summed E-state index contributed by atoms with van der Waals surface area (Å²) < 4.78 is 3.15. The third-order valence-corrected chi connectivity index (χ3v) is 4.40. The van der Waals surface area contributed by atoms with Gasteiger partial charge in [0.1, 0.15) is 5.52 Å². The average molecular weight is 362 g/mol. The molecule has 1 amide bonds. The molecule has 0 unspecified atom stereocenters. The van der Waals surface area contributed by atoms with E-state index >= 15 is 0 Å². The Kier molecular flexibility index (Phi) is 4.37. The Balaban J connectivity index is 1.51. The van der Waals surface area contributed by atoms with Crippen LogP contribution in [0.25, 0.3) is 21.9 Å². The number of benzene rings is 2. The molecule has 0 aliphatic carbocycles. The van der Waals surface area contributed by atoms with E-state index in [1.807, 2.05) is 35.8 Å². The van der Waals surface area contributed by atoms with Crippen LogP contribution in [-0.2, 0) is 17.9 Å². The Morgan fingerprint density at radius 2 is 1.81 bits per heavy atom. The Morgan fingerprint density at radius 1 is 1.07 bits per heavy atom. The largest absolute Gasteiger partial charge is 0.310 e. The Bertz CT molecular complexity index is 1190. The smallest absolute Gasteiger partial charge is 0.277 e. The van der Waals surface area contributed by atoms with Crippen molar-refractivity contribution in [2.75, 3.05) is 5.32 Å². The number of fused-ring (bicyclic) bond motifs is 2. The van der Waals surface area contributed by atoms with Crippen LogP contribution in [-0.4, -0.2) is 30.5 Å². The van der Waals surface area contributed by atoms with Gasteiger partial charge < -0.3 is 4.57 Å². The van der Waals surface area contributed by atoms with Gasteiger partial charge in [-0.05, 0) is 31.2 Å². The molecule has 0 radical (unpaired) electrons. The molecule has 0 saturated carbocycles. The van der Waals surface area contributed by atoms with Crippen LogP contribution in [0, 0.1) is 0 Å². The maximum Gasteiger partial charge on any atom is 0.277 e. The van der Waals surface area contributed by atoms with Crippen LogP contribution in [0.3, 0.4) is 0 Å². The number of nitrogens with one attached hydrogen (secondary N) is 1. The van der Waals surface area contributed by atoms with Crippen molar-refractivity contribution in [3.8, 4) is 0 Å². The number of para-hydroxylation sites is 2. The predicted molar refractivity (Wildman–Crippen MR) is 102 cm³/mol. The second kappa shape index (κ2) is 6.99. The summed E-state index contributed by atoms with van der Waals surface area (Å²) in [6, 6.07) is 14.7. The van der Waals surface area contributed by atoms with Gasteiger partial charge in [-0.2, -0.15) is 0 Å². The van der Waals surface area contributed by atoms with E-state index in [2.05, 4.69) is 20.6 Å². The fourth-order valence-electron chi connectivity index (χ4n) is 3.06. The maximum atomic E-state index is 12.4. The lowest BCUT2D eigenvalue weighted by Gasteiger charge is -2.08. The van der Waals surface area contributed by atoms with Gasteiger partial charge in [0.15, 0.2) is 0 Å². The van der Waals surface area contributed by atoms with Crippen molar-refractivity contribution in [1.29, 1.82) is 0 Å². The fraction of sp³-hybridized carbons (Fsp3) is 0.211. The molecule has 0 bridgehead atoms. The topological polar surface area (TPSA) is 94.7 Å². The number of carbonyl (C=O) groups excluding carboxylic acids is 1. The van der Waals surface area contributed by atoms with Crippen molar-refractivity contribution in [2.45, 2.75) is 26.4 Å². The summed E-state index contributed by atoms with van der Waals surface area (Å²) >= 11 is 0. The highest BCUT2D eigenvalue weighted by Gasteiger charge is 2.13. The van der Waals surface area contributed by atoms with E-state index in [1.165, 1.54) is 4.68 Å². The minimum absolute atomic E-state index is 0.0971. The lowest BCUT2D eigenvalue weighted by Crippen LogP contribution is -2.27. The van der Waals surface area contributed by atoms with Crippen LogP contribution >= 0.6 is 0 Å². The molecule has 4 rings (SSSR count). The van der Waals surface area contributed by atoms with E-state index in [-0.39, 0.29) is 24.4 Å². The molecule has 0 fully saturated rings. The number of hydrogen-bond donors (Lipinski definition) is 1. The molecular weight excluding hydrogens is 344 g/mol. The SMILES string of the molecule is CCn1c(NC(=O)CCn2nnc3ccccc3c2=O)nc2ccccc21. The van der Waals surface area contributed by atoms with Gasteiger partial charge in [-0.25, -0.2) is 9.67 Å². The van der Waals surface area contributed by atoms with Gasteiger partial charge in [-0.1, -0.05) is 29.5 Å². The second-order valence-corrected chi connectivity index (χ2v) is 6.10. The van der Waals surface area contributed by atoms with Crippen LogP contribution < -0.4 is 10.9 Å². The first kappa shape index (κ1) is 16.9. The van der Waals surface area contributed by atoms with Crippen LogP contribution in [0.5, 0.6) is 0 Å².